The van der Waals surface area contributed by atoms with Gasteiger partial charge in [-0.1, -0.05) is 0 Å². The first kappa shape index (κ1) is 16.3. The fourth-order valence-corrected chi connectivity index (χ4v) is 2.83. The van der Waals surface area contributed by atoms with Crippen LogP contribution in [0, 0.1) is 10.1 Å². The number of anilines is 1. The van der Waals surface area contributed by atoms with Crippen LogP contribution in [0.25, 0.3) is 0 Å². The van der Waals surface area contributed by atoms with E-state index in [2.05, 4.69) is 0 Å². The van der Waals surface area contributed by atoms with E-state index in [1.807, 2.05) is 0 Å². The molecule has 3 N–H and O–H groups in total. The molecular weight excluding hydrogens is 286 g/mol. The summed E-state index contributed by atoms with van der Waals surface area (Å²) in [5, 5.41) is 19.9. The fraction of sp³-hybridized carbons (Fsp3) is 0.455. The molecule has 0 aliphatic heterocycles. The molecule has 0 amide bonds. The van der Waals surface area contributed by atoms with Crippen LogP contribution < -0.4 is 5.73 Å². The van der Waals surface area contributed by atoms with Crippen LogP contribution in [0.5, 0.6) is 0 Å². The number of nitrogen functional groups attached to an aromatic ring is 1. The molecule has 20 heavy (non-hydrogen) atoms. The van der Waals surface area contributed by atoms with E-state index < -0.39 is 21.1 Å². The largest absolute Gasteiger partial charge is 0.398 e. The second kappa shape index (κ2) is 6.16. The van der Waals surface area contributed by atoms with Crippen LogP contribution >= 0.6 is 0 Å². The van der Waals surface area contributed by atoms with E-state index >= 15 is 0 Å². The molecule has 0 heterocycles. The van der Waals surface area contributed by atoms with Gasteiger partial charge in [-0.25, -0.2) is 12.7 Å². The highest BCUT2D eigenvalue weighted by molar-refractivity contribution is 7.89. The topological polar surface area (TPSA) is 127 Å². The number of aliphatic hydroxyl groups excluding tert-OH is 1. The number of nitrogens with two attached hydrogens (primary N) is 1. The second-order valence-electron chi connectivity index (χ2n) is 4.44. The van der Waals surface area contributed by atoms with Crippen molar-refractivity contribution in [2.75, 3.05) is 19.3 Å². The first-order valence-electron chi connectivity index (χ1n) is 5.84. The number of sulfonamides is 1. The van der Waals surface area contributed by atoms with Gasteiger partial charge in [-0.2, -0.15) is 0 Å². The standard InChI is InChI=1S/C11H17N3O5S/c1-8(15)5-6-13(2)20(18,19)11-7-9(14(16)17)3-4-10(11)12/h3-4,7-8,15H,5-6,12H2,1-2H3. The van der Waals surface area contributed by atoms with Crippen LogP contribution in [0.2, 0.25) is 0 Å². The third-order valence-electron chi connectivity index (χ3n) is 2.76. The SMILES string of the molecule is CC(O)CCN(C)S(=O)(=O)c1cc([N+](=O)[O-])ccc1N. The summed E-state index contributed by atoms with van der Waals surface area (Å²) in [4.78, 5) is 9.71. The molecule has 1 rings (SSSR count). The van der Waals surface area contributed by atoms with Crippen LogP contribution in [-0.4, -0.2) is 42.4 Å². The smallest absolute Gasteiger partial charge is 0.270 e. The molecule has 0 bridgehead atoms. The summed E-state index contributed by atoms with van der Waals surface area (Å²) in [5.41, 5.74) is 5.19. The molecule has 0 aliphatic carbocycles. The number of non-ortho nitro benzene ring substituents is 1. The Morgan fingerprint density at radius 1 is 1.50 bits per heavy atom. The van der Waals surface area contributed by atoms with E-state index in [0.29, 0.717) is 0 Å². The minimum absolute atomic E-state index is 0.0560. The zero-order valence-electron chi connectivity index (χ0n) is 11.2. The first-order chi connectivity index (χ1) is 9.16. The van der Waals surface area contributed by atoms with Crippen molar-refractivity contribution in [3.05, 3.63) is 28.3 Å². The van der Waals surface area contributed by atoms with Crippen molar-refractivity contribution >= 4 is 21.4 Å². The molecule has 1 aromatic rings. The quantitative estimate of drug-likeness (QED) is 0.449. The molecule has 0 saturated carbocycles. The van der Waals surface area contributed by atoms with Gasteiger partial charge >= 0.3 is 0 Å². The Labute approximate surface area is 117 Å². The highest BCUT2D eigenvalue weighted by atomic mass is 32.2. The molecule has 0 fully saturated rings. The summed E-state index contributed by atoms with van der Waals surface area (Å²) in [6, 6.07) is 3.27. The van der Waals surface area contributed by atoms with Crippen LogP contribution in [0.3, 0.4) is 0 Å². The molecule has 0 radical (unpaired) electrons. The zero-order valence-corrected chi connectivity index (χ0v) is 12.0. The van der Waals surface area contributed by atoms with Crippen molar-refractivity contribution in [2.24, 2.45) is 0 Å². The summed E-state index contributed by atoms with van der Waals surface area (Å²) in [7, 11) is -2.60. The van der Waals surface area contributed by atoms with Crippen LogP contribution in [-0.2, 0) is 10.0 Å². The molecule has 0 saturated heterocycles. The lowest BCUT2D eigenvalue weighted by Gasteiger charge is -2.18. The molecule has 8 nitrogen and oxygen atoms in total. The van der Waals surface area contributed by atoms with Crippen molar-refractivity contribution in [3.63, 3.8) is 0 Å². The lowest BCUT2D eigenvalue weighted by atomic mass is 10.3. The van der Waals surface area contributed by atoms with Gasteiger partial charge in [-0.15, -0.1) is 0 Å². The van der Waals surface area contributed by atoms with Gasteiger partial charge in [0.15, 0.2) is 0 Å². The van der Waals surface area contributed by atoms with E-state index in [1.54, 1.807) is 6.92 Å². The Hall–Kier alpha value is -1.71. The predicted octanol–water partition coefficient (Wildman–Crippen LogP) is 0.568. The minimum Gasteiger partial charge on any atom is -0.398 e. The Morgan fingerprint density at radius 2 is 2.10 bits per heavy atom. The van der Waals surface area contributed by atoms with Gasteiger partial charge in [-0.05, 0) is 19.4 Å². The molecule has 9 heteroatoms. The normalized spacial score (nSPS) is 13.4. The van der Waals surface area contributed by atoms with Gasteiger partial charge in [0.2, 0.25) is 10.0 Å². The average molecular weight is 303 g/mol. The van der Waals surface area contributed by atoms with Gasteiger partial charge in [-0.3, -0.25) is 10.1 Å². The maximum Gasteiger partial charge on any atom is 0.270 e. The predicted molar refractivity (Wildman–Crippen MR) is 73.6 cm³/mol. The Balaban J connectivity index is 3.14. The number of nitrogens with zero attached hydrogens (tertiary/aromatic N) is 2. The second-order valence-corrected chi connectivity index (χ2v) is 6.46. The lowest BCUT2D eigenvalue weighted by Crippen LogP contribution is -2.30. The maximum atomic E-state index is 12.3. The maximum absolute atomic E-state index is 12.3. The van der Waals surface area contributed by atoms with Crippen molar-refractivity contribution in [2.45, 2.75) is 24.3 Å². The molecular formula is C11H17N3O5S. The molecule has 1 aromatic carbocycles. The van der Waals surface area contributed by atoms with Crippen LogP contribution in [0.4, 0.5) is 11.4 Å². The van der Waals surface area contributed by atoms with E-state index in [9.17, 15) is 23.6 Å². The summed E-state index contributed by atoms with van der Waals surface area (Å²) in [6.45, 7) is 1.63. The average Bonchev–Trinajstić information content (AvgIpc) is 2.35. The summed E-state index contributed by atoms with van der Waals surface area (Å²) < 4.78 is 25.6. The van der Waals surface area contributed by atoms with Gasteiger partial charge in [0.1, 0.15) is 4.90 Å². The van der Waals surface area contributed by atoms with Gasteiger partial charge in [0, 0.05) is 25.7 Å². The Kier molecular flexibility index (Phi) is 5.03. The van der Waals surface area contributed by atoms with Crippen molar-refractivity contribution < 1.29 is 18.4 Å². The van der Waals surface area contributed by atoms with Crippen molar-refractivity contribution in [1.29, 1.82) is 0 Å². The molecule has 112 valence electrons. The van der Waals surface area contributed by atoms with E-state index in [4.69, 9.17) is 5.73 Å². The van der Waals surface area contributed by atoms with Gasteiger partial charge in [0.25, 0.3) is 5.69 Å². The lowest BCUT2D eigenvalue weighted by molar-refractivity contribution is -0.385. The Morgan fingerprint density at radius 3 is 2.60 bits per heavy atom. The minimum atomic E-state index is -3.93. The highest BCUT2D eigenvalue weighted by Gasteiger charge is 2.25. The number of nitro benzene ring substituents is 1. The summed E-state index contributed by atoms with van der Waals surface area (Å²) in [6.07, 6.45) is -0.389. The van der Waals surface area contributed by atoms with E-state index in [-0.39, 0.29) is 29.2 Å². The van der Waals surface area contributed by atoms with Crippen molar-refractivity contribution in [3.8, 4) is 0 Å². The molecule has 0 aliphatic rings. The van der Waals surface area contributed by atoms with Crippen LogP contribution in [0.15, 0.2) is 23.1 Å². The number of hydrogen-bond acceptors (Lipinski definition) is 6. The molecule has 0 spiro atoms. The van der Waals surface area contributed by atoms with Gasteiger partial charge in [0.05, 0.1) is 16.7 Å². The highest BCUT2D eigenvalue weighted by Crippen LogP contribution is 2.26. The summed E-state index contributed by atoms with van der Waals surface area (Å²) in [5.74, 6) is 0. The molecule has 1 atom stereocenters. The van der Waals surface area contributed by atoms with Gasteiger partial charge < -0.3 is 10.8 Å². The third-order valence-corrected chi connectivity index (χ3v) is 4.67. The summed E-state index contributed by atoms with van der Waals surface area (Å²) >= 11 is 0. The molecule has 1 unspecified atom stereocenters. The monoisotopic (exact) mass is 303 g/mol. The fourth-order valence-electron chi connectivity index (χ4n) is 1.52. The molecule has 0 aromatic heterocycles. The van der Waals surface area contributed by atoms with E-state index in [1.165, 1.54) is 13.1 Å². The number of hydrogen-bond donors (Lipinski definition) is 2. The number of benzene rings is 1. The first-order valence-corrected chi connectivity index (χ1v) is 7.28. The van der Waals surface area contributed by atoms with Crippen molar-refractivity contribution in [1.82, 2.24) is 4.31 Å². The Bertz CT molecular complexity index is 600. The number of aliphatic hydroxyl groups is 1. The zero-order chi connectivity index (χ0) is 15.5. The third kappa shape index (κ3) is 3.65. The number of nitro groups is 1. The van der Waals surface area contributed by atoms with Crippen LogP contribution in [0.1, 0.15) is 13.3 Å². The van der Waals surface area contributed by atoms with E-state index in [0.717, 1.165) is 16.4 Å². The number of rotatable bonds is 6.